The molecule has 0 N–H and O–H groups in total. The quantitative estimate of drug-likeness (QED) is 0.450. The van der Waals surface area contributed by atoms with E-state index in [-0.39, 0.29) is 6.01 Å². The molecule has 0 radical (unpaired) electrons. The first-order valence-electron chi connectivity index (χ1n) is 8.42. The number of hydrogen-bond acceptors (Lipinski definition) is 4. The second-order valence-corrected chi connectivity index (χ2v) is 6.81. The number of halogens is 3. The minimum atomic E-state index is 0.222. The van der Waals surface area contributed by atoms with Gasteiger partial charge in [-0.3, -0.25) is 0 Å². The lowest BCUT2D eigenvalue weighted by molar-refractivity contribution is 0.290. The molecule has 0 bridgehead atoms. The molecule has 0 saturated heterocycles. The Labute approximate surface area is 173 Å². The third kappa shape index (κ3) is 4.46. The summed E-state index contributed by atoms with van der Waals surface area (Å²) in [5.41, 5.74) is 2.87. The first-order chi connectivity index (χ1) is 13.0. The van der Waals surface area contributed by atoms with Crippen LogP contribution in [0.3, 0.4) is 0 Å². The molecular formula is C20H17Cl3N2O2. The van der Waals surface area contributed by atoms with Crippen LogP contribution in [0.25, 0.3) is 22.4 Å². The molecule has 0 aliphatic carbocycles. The molecule has 7 heteroatoms. The van der Waals surface area contributed by atoms with Crippen LogP contribution in [-0.2, 0) is 0 Å². The number of hydrogen-bond donors (Lipinski definition) is 0. The molecule has 0 saturated carbocycles. The van der Waals surface area contributed by atoms with Crippen LogP contribution >= 0.6 is 34.8 Å². The lowest BCUT2D eigenvalue weighted by Crippen LogP contribution is -2.05. The molecule has 0 amide bonds. The summed E-state index contributed by atoms with van der Waals surface area (Å²) in [4.78, 5) is 9.02. The van der Waals surface area contributed by atoms with Crippen molar-refractivity contribution in [2.45, 2.75) is 13.8 Å². The van der Waals surface area contributed by atoms with E-state index < -0.39 is 0 Å². The molecular weight excluding hydrogens is 407 g/mol. The normalized spacial score (nSPS) is 10.7. The summed E-state index contributed by atoms with van der Waals surface area (Å²) < 4.78 is 11.3. The van der Waals surface area contributed by atoms with Crippen LogP contribution in [0.1, 0.15) is 13.8 Å². The average Bonchev–Trinajstić information content (AvgIpc) is 2.63. The maximum Gasteiger partial charge on any atom is 0.320 e. The summed E-state index contributed by atoms with van der Waals surface area (Å²) in [6.07, 6.45) is 0. The van der Waals surface area contributed by atoms with Crippen LogP contribution in [0.5, 0.6) is 11.9 Å². The molecule has 0 unspecified atom stereocenters. The molecule has 2 aromatic carbocycles. The Kier molecular flexibility index (Phi) is 6.42. The monoisotopic (exact) mass is 422 g/mol. The minimum absolute atomic E-state index is 0.222. The second-order valence-electron chi connectivity index (χ2n) is 5.53. The van der Waals surface area contributed by atoms with Crippen molar-refractivity contribution in [2.24, 2.45) is 0 Å². The zero-order valence-corrected chi connectivity index (χ0v) is 17.1. The summed E-state index contributed by atoms with van der Waals surface area (Å²) in [7, 11) is 0. The summed E-state index contributed by atoms with van der Waals surface area (Å²) in [5, 5.41) is 1.65. The molecule has 1 heterocycles. The van der Waals surface area contributed by atoms with Crippen LogP contribution in [0.15, 0.2) is 42.5 Å². The van der Waals surface area contributed by atoms with Crippen molar-refractivity contribution >= 4 is 34.8 Å². The lowest BCUT2D eigenvalue weighted by atomic mass is 10.00. The van der Waals surface area contributed by atoms with Crippen molar-refractivity contribution in [3.63, 3.8) is 0 Å². The Hall–Kier alpha value is -2.01. The lowest BCUT2D eigenvalue weighted by Gasteiger charge is -2.16. The Morgan fingerprint density at radius 2 is 1.48 bits per heavy atom. The van der Waals surface area contributed by atoms with E-state index in [0.717, 1.165) is 5.56 Å². The highest BCUT2D eigenvalue weighted by atomic mass is 35.5. The molecule has 3 aromatic rings. The van der Waals surface area contributed by atoms with Crippen molar-refractivity contribution in [3.05, 3.63) is 57.5 Å². The summed E-state index contributed by atoms with van der Waals surface area (Å²) in [6.45, 7) is 4.63. The van der Waals surface area contributed by atoms with Gasteiger partial charge in [0.1, 0.15) is 0 Å². The van der Waals surface area contributed by atoms with Crippen LogP contribution < -0.4 is 9.47 Å². The Morgan fingerprint density at radius 3 is 2.11 bits per heavy atom. The van der Waals surface area contributed by atoms with Gasteiger partial charge in [0.15, 0.2) is 0 Å². The van der Waals surface area contributed by atoms with E-state index in [2.05, 4.69) is 9.97 Å². The van der Waals surface area contributed by atoms with Crippen LogP contribution in [-0.4, -0.2) is 23.2 Å². The fraction of sp³-hybridized carbons (Fsp3) is 0.200. The van der Waals surface area contributed by atoms with Crippen LogP contribution in [0.4, 0.5) is 0 Å². The molecule has 0 fully saturated rings. The van der Waals surface area contributed by atoms with E-state index in [1.807, 2.05) is 32.0 Å². The van der Waals surface area contributed by atoms with E-state index in [9.17, 15) is 0 Å². The number of benzene rings is 2. The standard InChI is InChI=1S/C20H17Cl3N2O2/c1-3-26-19-17(12-5-7-13(21)8-6-12)18(24-20(25-19)27-4-2)15-10-9-14(22)11-16(15)23/h5-11H,3-4H2,1-2H3. The topological polar surface area (TPSA) is 44.2 Å². The van der Waals surface area contributed by atoms with Gasteiger partial charge in [0.25, 0.3) is 0 Å². The van der Waals surface area contributed by atoms with Gasteiger partial charge in [-0.05, 0) is 49.7 Å². The van der Waals surface area contributed by atoms with Crippen molar-refractivity contribution in [3.8, 4) is 34.3 Å². The summed E-state index contributed by atoms with van der Waals surface area (Å²) in [6, 6.07) is 12.8. The molecule has 1 aromatic heterocycles. The second kappa shape index (κ2) is 8.79. The molecule has 3 rings (SSSR count). The highest BCUT2D eigenvalue weighted by Crippen LogP contribution is 2.41. The molecule has 0 atom stereocenters. The van der Waals surface area contributed by atoms with Gasteiger partial charge in [0, 0.05) is 15.6 Å². The van der Waals surface area contributed by atoms with Crippen LogP contribution in [0.2, 0.25) is 15.1 Å². The maximum atomic E-state index is 6.46. The Bertz CT molecular complexity index is 947. The molecule has 27 heavy (non-hydrogen) atoms. The van der Waals surface area contributed by atoms with Gasteiger partial charge in [-0.1, -0.05) is 46.9 Å². The van der Waals surface area contributed by atoms with Gasteiger partial charge in [0.2, 0.25) is 5.88 Å². The molecule has 4 nitrogen and oxygen atoms in total. The largest absolute Gasteiger partial charge is 0.477 e. The van der Waals surface area contributed by atoms with Crippen molar-refractivity contribution in [1.82, 2.24) is 9.97 Å². The van der Waals surface area contributed by atoms with Crippen molar-refractivity contribution < 1.29 is 9.47 Å². The van der Waals surface area contributed by atoms with E-state index in [1.54, 1.807) is 24.3 Å². The van der Waals surface area contributed by atoms with Crippen molar-refractivity contribution in [1.29, 1.82) is 0 Å². The third-order valence-electron chi connectivity index (χ3n) is 3.73. The predicted molar refractivity (Wildman–Crippen MR) is 110 cm³/mol. The average molecular weight is 424 g/mol. The van der Waals surface area contributed by atoms with Gasteiger partial charge >= 0.3 is 6.01 Å². The summed E-state index contributed by atoms with van der Waals surface area (Å²) >= 11 is 18.6. The maximum absolute atomic E-state index is 6.46. The number of aromatic nitrogens is 2. The van der Waals surface area contributed by atoms with E-state index in [4.69, 9.17) is 44.3 Å². The first kappa shape index (κ1) is 19.7. The highest BCUT2D eigenvalue weighted by molar-refractivity contribution is 6.36. The van der Waals surface area contributed by atoms with E-state index in [1.165, 1.54) is 0 Å². The Morgan fingerprint density at radius 1 is 0.815 bits per heavy atom. The number of nitrogens with zero attached hydrogens (tertiary/aromatic N) is 2. The Balaban J connectivity index is 2.31. The van der Waals surface area contributed by atoms with Gasteiger partial charge in [-0.2, -0.15) is 9.97 Å². The predicted octanol–water partition coefficient (Wildman–Crippen LogP) is 6.57. The zero-order valence-electron chi connectivity index (χ0n) is 14.8. The smallest absolute Gasteiger partial charge is 0.320 e. The molecule has 0 spiro atoms. The van der Waals surface area contributed by atoms with Gasteiger partial charge in [-0.25, -0.2) is 0 Å². The number of ether oxygens (including phenoxy) is 2. The van der Waals surface area contributed by atoms with E-state index in [0.29, 0.717) is 51.0 Å². The fourth-order valence-electron chi connectivity index (χ4n) is 2.61. The first-order valence-corrected chi connectivity index (χ1v) is 9.55. The minimum Gasteiger partial charge on any atom is -0.477 e. The van der Waals surface area contributed by atoms with Gasteiger partial charge in [-0.15, -0.1) is 0 Å². The van der Waals surface area contributed by atoms with E-state index >= 15 is 0 Å². The van der Waals surface area contributed by atoms with Gasteiger partial charge < -0.3 is 9.47 Å². The molecule has 0 aliphatic heterocycles. The van der Waals surface area contributed by atoms with Crippen molar-refractivity contribution in [2.75, 3.05) is 13.2 Å². The highest BCUT2D eigenvalue weighted by Gasteiger charge is 2.21. The fourth-order valence-corrected chi connectivity index (χ4v) is 3.23. The SMILES string of the molecule is CCOc1nc(OCC)c(-c2ccc(Cl)cc2)c(-c2ccc(Cl)cc2Cl)n1. The van der Waals surface area contributed by atoms with Gasteiger partial charge in [0.05, 0.1) is 29.5 Å². The van der Waals surface area contributed by atoms with Crippen LogP contribution in [0, 0.1) is 0 Å². The number of rotatable bonds is 6. The summed E-state index contributed by atoms with van der Waals surface area (Å²) in [5.74, 6) is 0.416. The molecule has 140 valence electrons. The molecule has 0 aliphatic rings. The zero-order chi connectivity index (χ0) is 19.4. The third-order valence-corrected chi connectivity index (χ3v) is 4.53.